The van der Waals surface area contributed by atoms with Gasteiger partial charge in [0.2, 0.25) is 0 Å². The van der Waals surface area contributed by atoms with Gasteiger partial charge in [0.25, 0.3) is 5.69 Å². The van der Waals surface area contributed by atoms with Crippen LogP contribution < -0.4 is 10.1 Å². The summed E-state index contributed by atoms with van der Waals surface area (Å²) in [5, 5.41) is 14.0. The van der Waals surface area contributed by atoms with Crippen molar-refractivity contribution < 1.29 is 9.66 Å². The van der Waals surface area contributed by atoms with Crippen molar-refractivity contribution in [3.63, 3.8) is 0 Å². The van der Waals surface area contributed by atoms with E-state index in [-0.39, 0.29) is 5.69 Å². The number of ether oxygens (including phenoxy) is 1. The SMILES string of the molecule is O=[N+]([O-])c1cc(Br)c(OC[C@H]2CCCN2)c(Br)c1. The largest absolute Gasteiger partial charge is 0.490 e. The summed E-state index contributed by atoms with van der Waals surface area (Å²) in [7, 11) is 0. The monoisotopic (exact) mass is 378 g/mol. The summed E-state index contributed by atoms with van der Waals surface area (Å²) in [4.78, 5) is 10.3. The topological polar surface area (TPSA) is 64.4 Å². The third-order valence-corrected chi connectivity index (χ3v) is 3.96. The molecule has 1 aromatic carbocycles. The highest BCUT2D eigenvalue weighted by molar-refractivity contribution is 9.11. The number of hydrogen-bond acceptors (Lipinski definition) is 4. The Hall–Kier alpha value is -0.660. The van der Waals surface area contributed by atoms with Crippen LogP contribution in [0, 0.1) is 10.1 Å². The first-order valence-electron chi connectivity index (χ1n) is 5.57. The first kappa shape index (κ1) is 13.8. The summed E-state index contributed by atoms with van der Waals surface area (Å²) in [5.41, 5.74) is 0.0279. The van der Waals surface area contributed by atoms with Crippen molar-refractivity contribution in [3.05, 3.63) is 31.2 Å². The van der Waals surface area contributed by atoms with Crippen molar-refractivity contribution in [1.29, 1.82) is 0 Å². The van der Waals surface area contributed by atoms with Gasteiger partial charge in [0.1, 0.15) is 12.4 Å². The van der Waals surface area contributed by atoms with E-state index in [0.29, 0.717) is 27.3 Å². The normalized spacial score (nSPS) is 18.9. The van der Waals surface area contributed by atoms with Gasteiger partial charge in [0.15, 0.2) is 0 Å². The van der Waals surface area contributed by atoms with Crippen LogP contribution in [0.15, 0.2) is 21.1 Å². The zero-order valence-electron chi connectivity index (χ0n) is 9.49. The second-order valence-electron chi connectivity index (χ2n) is 4.10. The van der Waals surface area contributed by atoms with Gasteiger partial charge in [-0.3, -0.25) is 10.1 Å². The van der Waals surface area contributed by atoms with E-state index in [9.17, 15) is 10.1 Å². The Morgan fingerprint density at radius 1 is 1.44 bits per heavy atom. The molecule has 1 N–H and O–H groups in total. The second-order valence-corrected chi connectivity index (χ2v) is 5.81. The number of benzene rings is 1. The van der Waals surface area contributed by atoms with Crippen LogP contribution in [0.2, 0.25) is 0 Å². The lowest BCUT2D eigenvalue weighted by Crippen LogP contribution is -2.28. The van der Waals surface area contributed by atoms with Crippen LogP contribution >= 0.6 is 31.9 Å². The van der Waals surface area contributed by atoms with Gasteiger partial charge in [-0.2, -0.15) is 0 Å². The van der Waals surface area contributed by atoms with E-state index in [1.165, 1.54) is 12.1 Å². The van der Waals surface area contributed by atoms with Crippen LogP contribution in [0.3, 0.4) is 0 Å². The maximum Gasteiger partial charge on any atom is 0.271 e. The first-order chi connectivity index (χ1) is 8.58. The molecule has 1 heterocycles. The quantitative estimate of drug-likeness (QED) is 0.644. The van der Waals surface area contributed by atoms with E-state index in [4.69, 9.17) is 4.74 Å². The number of nitrogens with one attached hydrogen (secondary N) is 1. The zero-order valence-corrected chi connectivity index (χ0v) is 12.7. The average Bonchev–Trinajstić information content (AvgIpc) is 2.80. The molecule has 98 valence electrons. The second kappa shape index (κ2) is 5.99. The van der Waals surface area contributed by atoms with Crippen molar-refractivity contribution in [1.82, 2.24) is 5.32 Å². The number of nitrogens with zero attached hydrogens (tertiary/aromatic N) is 1. The summed E-state index contributed by atoms with van der Waals surface area (Å²) in [6.07, 6.45) is 2.26. The van der Waals surface area contributed by atoms with Crippen molar-refractivity contribution in [2.45, 2.75) is 18.9 Å². The summed E-state index contributed by atoms with van der Waals surface area (Å²) >= 11 is 6.59. The lowest BCUT2D eigenvalue weighted by molar-refractivity contribution is -0.385. The Balaban J connectivity index is 2.10. The molecule has 0 radical (unpaired) electrons. The van der Waals surface area contributed by atoms with Gasteiger partial charge in [-0.1, -0.05) is 0 Å². The highest BCUT2D eigenvalue weighted by atomic mass is 79.9. The Morgan fingerprint density at radius 3 is 2.61 bits per heavy atom. The number of nitro groups is 1. The van der Waals surface area contributed by atoms with E-state index < -0.39 is 4.92 Å². The summed E-state index contributed by atoms with van der Waals surface area (Å²) in [6, 6.07) is 3.25. The summed E-state index contributed by atoms with van der Waals surface area (Å²) in [5.74, 6) is 0.606. The van der Waals surface area contributed by atoms with Crippen LogP contribution in [0.1, 0.15) is 12.8 Å². The molecule has 1 saturated heterocycles. The Labute approximate surface area is 121 Å². The highest BCUT2D eigenvalue weighted by Crippen LogP contribution is 2.37. The smallest absolute Gasteiger partial charge is 0.271 e. The molecule has 7 heteroatoms. The third kappa shape index (κ3) is 3.21. The molecular formula is C11H12Br2N2O3. The van der Waals surface area contributed by atoms with Crippen LogP contribution in [0.4, 0.5) is 5.69 Å². The fraction of sp³-hybridized carbons (Fsp3) is 0.455. The van der Waals surface area contributed by atoms with Crippen molar-refractivity contribution in [2.75, 3.05) is 13.2 Å². The van der Waals surface area contributed by atoms with Gasteiger partial charge in [0, 0.05) is 18.2 Å². The average molecular weight is 380 g/mol. The number of hydrogen-bond donors (Lipinski definition) is 1. The minimum absolute atomic E-state index is 0.0279. The Morgan fingerprint density at radius 2 is 2.11 bits per heavy atom. The molecule has 1 aliphatic heterocycles. The minimum atomic E-state index is -0.433. The predicted molar refractivity (Wildman–Crippen MR) is 75.0 cm³/mol. The standard InChI is InChI=1S/C11H12Br2N2O3/c12-9-4-8(15(16)17)5-10(13)11(9)18-6-7-2-1-3-14-7/h4-5,7,14H,1-3,6H2/t7-/m1/s1. The number of non-ortho nitro benzene ring substituents is 1. The summed E-state index contributed by atoms with van der Waals surface area (Å²) in [6.45, 7) is 1.59. The third-order valence-electron chi connectivity index (χ3n) is 2.79. The van der Waals surface area contributed by atoms with E-state index in [2.05, 4.69) is 37.2 Å². The molecule has 0 unspecified atom stereocenters. The molecule has 0 aromatic heterocycles. The molecule has 0 bridgehead atoms. The molecule has 5 nitrogen and oxygen atoms in total. The highest BCUT2D eigenvalue weighted by Gasteiger charge is 2.18. The van der Waals surface area contributed by atoms with Crippen LogP contribution in [-0.4, -0.2) is 24.1 Å². The van der Waals surface area contributed by atoms with Gasteiger partial charge in [0.05, 0.1) is 13.9 Å². The molecule has 18 heavy (non-hydrogen) atoms. The van der Waals surface area contributed by atoms with Crippen molar-refractivity contribution in [3.8, 4) is 5.75 Å². The summed E-state index contributed by atoms with van der Waals surface area (Å²) < 4.78 is 6.88. The van der Waals surface area contributed by atoms with Gasteiger partial charge in [-0.05, 0) is 51.2 Å². The molecule has 1 atom stereocenters. The molecule has 1 aromatic rings. The number of rotatable bonds is 4. The molecule has 0 aliphatic carbocycles. The van der Waals surface area contributed by atoms with E-state index in [1.807, 2.05) is 0 Å². The fourth-order valence-corrected chi connectivity index (χ4v) is 3.26. The van der Waals surface area contributed by atoms with Crippen molar-refractivity contribution in [2.24, 2.45) is 0 Å². The lowest BCUT2D eigenvalue weighted by atomic mass is 10.2. The maximum atomic E-state index is 10.7. The molecule has 0 saturated carbocycles. The maximum absolute atomic E-state index is 10.7. The van der Waals surface area contributed by atoms with E-state index in [1.54, 1.807) is 0 Å². The minimum Gasteiger partial charge on any atom is -0.490 e. The van der Waals surface area contributed by atoms with E-state index in [0.717, 1.165) is 19.4 Å². The predicted octanol–water partition coefficient (Wildman–Crippen LogP) is 3.25. The van der Waals surface area contributed by atoms with E-state index >= 15 is 0 Å². The fourth-order valence-electron chi connectivity index (χ4n) is 1.87. The molecule has 0 spiro atoms. The molecule has 0 amide bonds. The molecule has 1 aliphatic rings. The zero-order chi connectivity index (χ0) is 13.1. The van der Waals surface area contributed by atoms with Crippen molar-refractivity contribution >= 4 is 37.5 Å². The van der Waals surface area contributed by atoms with Gasteiger partial charge in [-0.25, -0.2) is 0 Å². The van der Waals surface area contributed by atoms with Crippen LogP contribution in [0.5, 0.6) is 5.75 Å². The first-order valence-corrected chi connectivity index (χ1v) is 7.16. The Bertz CT molecular complexity index is 439. The molecule has 2 rings (SSSR count). The van der Waals surface area contributed by atoms with Crippen LogP contribution in [0.25, 0.3) is 0 Å². The van der Waals surface area contributed by atoms with Gasteiger partial charge >= 0.3 is 0 Å². The Kier molecular flexibility index (Phi) is 4.58. The van der Waals surface area contributed by atoms with Crippen LogP contribution in [-0.2, 0) is 0 Å². The van der Waals surface area contributed by atoms with Gasteiger partial charge in [-0.15, -0.1) is 0 Å². The number of nitro benzene ring substituents is 1. The lowest BCUT2D eigenvalue weighted by Gasteiger charge is -2.14. The number of halogens is 2. The molecule has 1 fully saturated rings. The molecular weight excluding hydrogens is 368 g/mol. The van der Waals surface area contributed by atoms with Gasteiger partial charge < -0.3 is 10.1 Å².